The molecule has 114 valence electrons. The predicted molar refractivity (Wildman–Crippen MR) is 70.4 cm³/mol. The third kappa shape index (κ3) is 2.69. The normalized spacial score (nSPS) is 11.8. The minimum absolute atomic E-state index is 0.124. The number of nitrogens with one attached hydrogen (secondary N) is 2. The van der Waals surface area contributed by atoms with Gasteiger partial charge in [-0.2, -0.15) is 18.2 Å². The SMILES string of the molecule is Fc1c(CNc2ncc3[nH]cnc3n2)cccc1C(F)(F)F. The Morgan fingerprint density at radius 3 is 2.77 bits per heavy atom. The molecule has 2 heterocycles. The van der Waals surface area contributed by atoms with Crippen molar-refractivity contribution in [2.75, 3.05) is 5.32 Å². The predicted octanol–water partition coefficient (Wildman–Crippen LogP) is 3.12. The molecule has 2 N–H and O–H groups in total. The highest BCUT2D eigenvalue weighted by Gasteiger charge is 2.34. The van der Waals surface area contributed by atoms with Gasteiger partial charge in [0.25, 0.3) is 0 Å². The van der Waals surface area contributed by atoms with Crippen molar-refractivity contribution in [1.29, 1.82) is 0 Å². The number of hydrogen-bond donors (Lipinski definition) is 2. The monoisotopic (exact) mass is 311 g/mol. The largest absolute Gasteiger partial charge is 0.419 e. The molecule has 0 aliphatic rings. The van der Waals surface area contributed by atoms with Gasteiger partial charge < -0.3 is 10.3 Å². The number of anilines is 1. The number of nitrogens with zero attached hydrogens (tertiary/aromatic N) is 3. The third-order valence-electron chi connectivity index (χ3n) is 3.00. The van der Waals surface area contributed by atoms with Crippen LogP contribution in [0.25, 0.3) is 11.2 Å². The number of H-pyrrole nitrogens is 1. The zero-order valence-electron chi connectivity index (χ0n) is 10.9. The van der Waals surface area contributed by atoms with Gasteiger partial charge in [0.2, 0.25) is 5.95 Å². The molecule has 0 radical (unpaired) electrons. The molecule has 0 saturated heterocycles. The van der Waals surface area contributed by atoms with E-state index in [1.807, 2.05) is 0 Å². The van der Waals surface area contributed by atoms with Crippen LogP contribution in [0.15, 0.2) is 30.7 Å². The molecule has 0 bridgehead atoms. The average Bonchev–Trinajstić information content (AvgIpc) is 2.92. The maximum Gasteiger partial charge on any atom is 0.419 e. The van der Waals surface area contributed by atoms with Crippen molar-refractivity contribution in [1.82, 2.24) is 19.9 Å². The Hall–Kier alpha value is -2.71. The molecule has 1 aromatic carbocycles. The first kappa shape index (κ1) is 14.2. The third-order valence-corrected chi connectivity index (χ3v) is 3.00. The van der Waals surface area contributed by atoms with E-state index in [-0.39, 0.29) is 18.1 Å². The van der Waals surface area contributed by atoms with Gasteiger partial charge in [-0.1, -0.05) is 12.1 Å². The van der Waals surface area contributed by atoms with Crippen LogP contribution >= 0.6 is 0 Å². The summed E-state index contributed by atoms with van der Waals surface area (Å²) in [4.78, 5) is 14.7. The first-order valence-electron chi connectivity index (χ1n) is 6.20. The van der Waals surface area contributed by atoms with Gasteiger partial charge in [-0.25, -0.2) is 14.4 Å². The Morgan fingerprint density at radius 2 is 2.00 bits per heavy atom. The fourth-order valence-corrected chi connectivity index (χ4v) is 1.93. The Morgan fingerprint density at radius 1 is 1.18 bits per heavy atom. The van der Waals surface area contributed by atoms with E-state index in [0.29, 0.717) is 17.2 Å². The molecule has 0 unspecified atom stereocenters. The van der Waals surface area contributed by atoms with Gasteiger partial charge in [0.1, 0.15) is 11.3 Å². The number of aromatic amines is 1. The number of aromatic nitrogens is 4. The van der Waals surface area contributed by atoms with Crippen LogP contribution in [-0.2, 0) is 12.7 Å². The molecule has 3 aromatic rings. The second-order valence-electron chi connectivity index (χ2n) is 4.46. The summed E-state index contributed by atoms with van der Waals surface area (Å²) in [6.45, 7) is -0.175. The molecule has 0 aliphatic heterocycles. The quantitative estimate of drug-likeness (QED) is 0.729. The highest BCUT2D eigenvalue weighted by atomic mass is 19.4. The van der Waals surface area contributed by atoms with Crippen molar-refractivity contribution in [2.45, 2.75) is 12.7 Å². The zero-order valence-corrected chi connectivity index (χ0v) is 10.9. The molecule has 5 nitrogen and oxygen atoms in total. The smallest absolute Gasteiger partial charge is 0.350 e. The number of imidazole rings is 1. The van der Waals surface area contributed by atoms with Crippen molar-refractivity contribution in [3.63, 3.8) is 0 Å². The standard InChI is InChI=1S/C13H9F4N5/c14-10-7(2-1-3-8(10)13(15,16)17)4-18-12-19-5-9-11(22-12)21-6-20-9/h1-3,5-6H,4H2,(H2,18,19,20,21,22). The lowest BCUT2D eigenvalue weighted by atomic mass is 10.1. The van der Waals surface area contributed by atoms with Gasteiger partial charge in [-0.15, -0.1) is 0 Å². The number of hydrogen-bond acceptors (Lipinski definition) is 4. The molecule has 0 atom stereocenters. The Balaban J connectivity index is 1.81. The number of rotatable bonds is 3. The van der Waals surface area contributed by atoms with Crippen molar-refractivity contribution >= 4 is 17.1 Å². The van der Waals surface area contributed by atoms with E-state index in [1.54, 1.807) is 0 Å². The molecule has 2 aromatic heterocycles. The van der Waals surface area contributed by atoms with Crippen molar-refractivity contribution in [2.24, 2.45) is 0 Å². The summed E-state index contributed by atoms with van der Waals surface area (Å²) >= 11 is 0. The maximum absolute atomic E-state index is 13.9. The minimum atomic E-state index is -4.73. The second kappa shape index (κ2) is 5.24. The molecule has 0 aliphatic carbocycles. The van der Waals surface area contributed by atoms with E-state index in [4.69, 9.17) is 0 Å². The van der Waals surface area contributed by atoms with Gasteiger partial charge in [0.15, 0.2) is 5.65 Å². The zero-order chi connectivity index (χ0) is 15.7. The van der Waals surface area contributed by atoms with Gasteiger partial charge in [-0.05, 0) is 6.07 Å². The molecular weight excluding hydrogens is 302 g/mol. The molecule has 3 rings (SSSR count). The van der Waals surface area contributed by atoms with Crippen LogP contribution in [0.4, 0.5) is 23.5 Å². The summed E-state index contributed by atoms with van der Waals surface area (Å²) in [6, 6.07) is 3.12. The van der Waals surface area contributed by atoms with E-state index >= 15 is 0 Å². The lowest BCUT2D eigenvalue weighted by Crippen LogP contribution is -2.12. The summed E-state index contributed by atoms with van der Waals surface area (Å²) in [5, 5.41) is 2.68. The number of halogens is 4. The number of fused-ring (bicyclic) bond motifs is 1. The molecule has 9 heteroatoms. The lowest BCUT2D eigenvalue weighted by molar-refractivity contribution is -0.140. The lowest BCUT2D eigenvalue weighted by Gasteiger charge is -2.11. The summed E-state index contributed by atoms with van der Waals surface area (Å²) in [7, 11) is 0. The minimum Gasteiger partial charge on any atom is -0.350 e. The first-order chi connectivity index (χ1) is 10.4. The van der Waals surface area contributed by atoms with Crippen LogP contribution in [0.5, 0.6) is 0 Å². The maximum atomic E-state index is 13.9. The molecule has 0 fully saturated rings. The van der Waals surface area contributed by atoms with Crippen LogP contribution in [0.1, 0.15) is 11.1 Å². The topological polar surface area (TPSA) is 66.5 Å². The Labute approximate surface area is 121 Å². The Kier molecular flexibility index (Phi) is 3.39. The number of benzene rings is 1. The van der Waals surface area contributed by atoms with Crippen LogP contribution in [-0.4, -0.2) is 19.9 Å². The van der Waals surface area contributed by atoms with Crippen molar-refractivity contribution in [3.8, 4) is 0 Å². The molecule has 0 amide bonds. The van der Waals surface area contributed by atoms with Crippen LogP contribution in [0.3, 0.4) is 0 Å². The van der Waals surface area contributed by atoms with Gasteiger partial charge in [-0.3, -0.25) is 0 Å². The van der Waals surface area contributed by atoms with Crippen LogP contribution in [0.2, 0.25) is 0 Å². The molecule has 0 spiro atoms. The van der Waals surface area contributed by atoms with Gasteiger partial charge in [0, 0.05) is 12.1 Å². The number of alkyl halides is 3. The van der Waals surface area contributed by atoms with Gasteiger partial charge >= 0.3 is 6.18 Å². The molecule has 0 saturated carbocycles. The molecular formula is C13H9F4N5. The van der Waals surface area contributed by atoms with Crippen LogP contribution in [0, 0.1) is 5.82 Å². The van der Waals surface area contributed by atoms with E-state index < -0.39 is 17.6 Å². The van der Waals surface area contributed by atoms with Crippen molar-refractivity contribution in [3.05, 3.63) is 47.7 Å². The summed E-state index contributed by atoms with van der Waals surface area (Å²) < 4.78 is 51.8. The first-order valence-corrected chi connectivity index (χ1v) is 6.20. The fourth-order valence-electron chi connectivity index (χ4n) is 1.93. The summed E-state index contributed by atoms with van der Waals surface area (Å²) in [5.74, 6) is -1.15. The van der Waals surface area contributed by atoms with E-state index in [1.165, 1.54) is 18.6 Å². The van der Waals surface area contributed by atoms with Crippen molar-refractivity contribution < 1.29 is 17.6 Å². The van der Waals surface area contributed by atoms with Gasteiger partial charge in [0.05, 0.1) is 18.1 Å². The summed E-state index contributed by atoms with van der Waals surface area (Å²) in [6.07, 6.45) is -1.82. The van der Waals surface area contributed by atoms with Crippen LogP contribution < -0.4 is 5.32 Å². The highest BCUT2D eigenvalue weighted by Crippen LogP contribution is 2.32. The Bertz CT molecular complexity index is 812. The van der Waals surface area contributed by atoms with E-state index in [0.717, 1.165) is 6.07 Å². The fraction of sp³-hybridized carbons (Fsp3) is 0.154. The average molecular weight is 311 g/mol. The van der Waals surface area contributed by atoms with E-state index in [2.05, 4.69) is 25.3 Å². The summed E-state index contributed by atoms with van der Waals surface area (Å²) in [5.41, 5.74) is -0.395. The molecule has 22 heavy (non-hydrogen) atoms. The highest BCUT2D eigenvalue weighted by molar-refractivity contribution is 5.69. The second-order valence-corrected chi connectivity index (χ2v) is 4.46. The van der Waals surface area contributed by atoms with E-state index in [9.17, 15) is 17.6 Å².